The number of carbonyl (C=O) groups excluding carboxylic acids is 2. The molecule has 20 heavy (non-hydrogen) atoms. The average molecular weight is 308 g/mol. The molecule has 0 aromatic heterocycles. The van der Waals surface area contributed by atoms with E-state index in [1.54, 1.807) is 0 Å². The van der Waals surface area contributed by atoms with Crippen molar-refractivity contribution >= 4 is 24.2 Å². The number of nitrogens with two attached hydrogens (primary N) is 1. The van der Waals surface area contributed by atoms with Crippen LogP contribution in [0.3, 0.4) is 0 Å². The minimum Gasteiger partial charge on any atom is -0.356 e. The number of nitrogens with one attached hydrogen (secondary N) is 2. The number of halogens is 1. The topological polar surface area (TPSA) is 84.2 Å². The Balaban J connectivity index is 0. The second kappa shape index (κ2) is 10.9. The van der Waals surface area contributed by atoms with Crippen molar-refractivity contribution in [3.8, 4) is 0 Å². The molecule has 0 radical (unpaired) electrons. The first kappa shape index (κ1) is 21.5. The maximum atomic E-state index is 11.8. The highest BCUT2D eigenvalue weighted by Gasteiger charge is 2.25. The van der Waals surface area contributed by atoms with E-state index in [9.17, 15) is 9.59 Å². The molecule has 0 unspecified atom stereocenters. The van der Waals surface area contributed by atoms with E-state index in [2.05, 4.69) is 10.6 Å². The maximum Gasteiger partial charge on any atom is 0.222 e. The Morgan fingerprint density at radius 1 is 1.15 bits per heavy atom. The largest absolute Gasteiger partial charge is 0.356 e. The molecule has 0 aliphatic rings. The zero-order valence-electron chi connectivity index (χ0n) is 13.1. The summed E-state index contributed by atoms with van der Waals surface area (Å²) in [6.45, 7) is 8.83. The monoisotopic (exact) mass is 307 g/mol. The molecule has 0 aliphatic heterocycles. The molecule has 0 fully saturated rings. The molecule has 4 N–H and O–H groups in total. The van der Waals surface area contributed by atoms with Gasteiger partial charge in [0.1, 0.15) is 0 Å². The van der Waals surface area contributed by atoms with Crippen LogP contribution in [-0.2, 0) is 9.59 Å². The molecule has 0 aromatic rings. The predicted octanol–water partition coefficient (Wildman–Crippen LogP) is 1.59. The van der Waals surface area contributed by atoms with Crippen molar-refractivity contribution in [2.45, 2.75) is 58.9 Å². The highest BCUT2D eigenvalue weighted by molar-refractivity contribution is 5.85. The molecule has 2 amide bonds. The summed E-state index contributed by atoms with van der Waals surface area (Å²) in [5.74, 6) is 0.275. The summed E-state index contributed by atoms with van der Waals surface area (Å²) in [5, 5.41) is 5.73. The Labute approximate surface area is 128 Å². The maximum absolute atomic E-state index is 11.8. The van der Waals surface area contributed by atoms with Crippen LogP contribution in [-0.4, -0.2) is 30.4 Å². The lowest BCUT2D eigenvalue weighted by molar-refractivity contribution is -0.123. The fourth-order valence-corrected chi connectivity index (χ4v) is 1.88. The average Bonchev–Trinajstić information content (AvgIpc) is 2.35. The standard InChI is InChI=1S/C14H29N3O2.ClH/c1-5-14(6-2,10-15)17-12(18)7-8-16-13(19)9-11(3)4;/h11H,5-10,15H2,1-4H3,(H,16,19)(H,17,18);1H. The Bertz CT molecular complexity index is 284. The van der Waals surface area contributed by atoms with E-state index in [1.807, 2.05) is 27.7 Å². The molecule has 0 atom stereocenters. The SMILES string of the molecule is CCC(CC)(CN)NC(=O)CCNC(=O)CC(C)C.Cl. The quantitative estimate of drug-likeness (QED) is 0.605. The number of hydrogen-bond acceptors (Lipinski definition) is 3. The van der Waals surface area contributed by atoms with Crippen LogP contribution in [0.1, 0.15) is 53.4 Å². The minimum absolute atomic E-state index is 0. The van der Waals surface area contributed by atoms with E-state index >= 15 is 0 Å². The molecule has 0 saturated carbocycles. The van der Waals surface area contributed by atoms with Gasteiger partial charge in [0.15, 0.2) is 0 Å². The van der Waals surface area contributed by atoms with Crippen molar-refractivity contribution in [2.75, 3.05) is 13.1 Å². The molecular weight excluding hydrogens is 278 g/mol. The molecule has 0 heterocycles. The molecule has 0 aliphatic carbocycles. The Morgan fingerprint density at radius 2 is 1.70 bits per heavy atom. The summed E-state index contributed by atoms with van der Waals surface area (Å²) in [4.78, 5) is 23.2. The first-order chi connectivity index (χ1) is 8.89. The summed E-state index contributed by atoms with van der Waals surface area (Å²) in [7, 11) is 0. The van der Waals surface area contributed by atoms with Gasteiger partial charge >= 0.3 is 0 Å². The minimum atomic E-state index is -0.307. The highest BCUT2D eigenvalue weighted by Crippen LogP contribution is 2.13. The molecule has 0 bridgehead atoms. The van der Waals surface area contributed by atoms with Gasteiger partial charge in [-0.2, -0.15) is 0 Å². The third-order valence-corrected chi connectivity index (χ3v) is 3.42. The van der Waals surface area contributed by atoms with Gasteiger partial charge in [0.05, 0.1) is 5.54 Å². The summed E-state index contributed by atoms with van der Waals surface area (Å²) >= 11 is 0. The molecule has 5 nitrogen and oxygen atoms in total. The molecule has 0 spiro atoms. The lowest BCUT2D eigenvalue weighted by Crippen LogP contribution is -2.53. The van der Waals surface area contributed by atoms with Gasteiger partial charge in [0.25, 0.3) is 0 Å². The smallest absolute Gasteiger partial charge is 0.222 e. The van der Waals surface area contributed by atoms with Crippen molar-refractivity contribution in [3.05, 3.63) is 0 Å². The fraction of sp³-hybridized carbons (Fsp3) is 0.857. The number of amides is 2. The molecule has 120 valence electrons. The van der Waals surface area contributed by atoms with Gasteiger partial charge in [0, 0.05) is 25.9 Å². The van der Waals surface area contributed by atoms with Crippen molar-refractivity contribution in [2.24, 2.45) is 11.7 Å². The zero-order chi connectivity index (χ0) is 14.9. The van der Waals surface area contributed by atoms with E-state index in [4.69, 9.17) is 5.73 Å². The summed E-state index contributed by atoms with van der Waals surface area (Å²) in [5.41, 5.74) is 5.42. The van der Waals surface area contributed by atoms with Crippen LogP contribution in [0.5, 0.6) is 0 Å². The molecule has 0 aromatic carbocycles. The number of carbonyl (C=O) groups is 2. The van der Waals surface area contributed by atoms with Crippen molar-refractivity contribution in [1.29, 1.82) is 0 Å². The van der Waals surface area contributed by atoms with Crippen molar-refractivity contribution in [1.82, 2.24) is 10.6 Å². The Hall–Kier alpha value is -0.810. The second-order valence-corrected chi connectivity index (χ2v) is 5.44. The fourth-order valence-electron chi connectivity index (χ4n) is 1.88. The van der Waals surface area contributed by atoms with Crippen LogP contribution in [0.15, 0.2) is 0 Å². The van der Waals surface area contributed by atoms with Crippen LogP contribution in [0, 0.1) is 5.92 Å². The number of rotatable bonds is 9. The van der Waals surface area contributed by atoms with Gasteiger partial charge in [-0.3, -0.25) is 9.59 Å². The van der Waals surface area contributed by atoms with Gasteiger partial charge in [-0.05, 0) is 18.8 Å². The summed E-state index contributed by atoms with van der Waals surface area (Å²) in [6.07, 6.45) is 2.42. The third-order valence-electron chi connectivity index (χ3n) is 3.42. The Morgan fingerprint density at radius 3 is 2.10 bits per heavy atom. The lowest BCUT2D eigenvalue weighted by atomic mass is 9.93. The zero-order valence-corrected chi connectivity index (χ0v) is 13.9. The molecule has 0 saturated heterocycles. The molecular formula is C14H30ClN3O2. The third kappa shape index (κ3) is 8.38. The van der Waals surface area contributed by atoms with Gasteiger partial charge < -0.3 is 16.4 Å². The van der Waals surface area contributed by atoms with E-state index in [0.717, 1.165) is 12.8 Å². The second-order valence-electron chi connectivity index (χ2n) is 5.44. The molecule has 6 heteroatoms. The van der Waals surface area contributed by atoms with Gasteiger partial charge in [-0.25, -0.2) is 0 Å². The number of hydrogen-bond donors (Lipinski definition) is 3. The van der Waals surface area contributed by atoms with Crippen LogP contribution in [0.25, 0.3) is 0 Å². The van der Waals surface area contributed by atoms with Gasteiger partial charge in [-0.15, -0.1) is 12.4 Å². The van der Waals surface area contributed by atoms with Crippen LogP contribution >= 0.6 is 12.4 Å². The van der Waals surface area contributed by atoms with Crippen LogP contribution in [0.2, 0.25) is 0 Å². The predicted molar refractivity (Wildman–Crippen MR) is 84.8 cm³/mol. The van der Waals surface area contributed by atoms with E-state index < -0.39 is 0 Å². The van der Waals surface area contributed by atoms with Gasteiger partial charge in [-0.1, -0.05) is 27.7 Å². The van der Waals surface area contributed by atoms with Crippen molar-refractivity contribution < 1.29 is 9.59 Å². The highest BCUT2D eigenvalue weighted by atomic mass is 35.5. The molecule has 0 rings (SSSR count). The Kier molecular flexibility index (Phi) is 11.7. The van der Waals surface area contributed by atoms with E-state index in [1.165, 1.54) is 0 Å². The van der Waals surface area contributed by atoms with E-state index in [0.29, 0.717) is 31.8 Å². The van der Waals surface area contributed by atoms with Crippen LogP contribution in [0.4, 0.5) is 0 Å². The van der Waals surface area contributed by atoms with Crippen molar-refractivity contribution in [3.63, 3.8) is 0 Å². The van der Waals surface area contributed by atoms with Gasteiger partial charge in [0.2, 0.25) is 11.8 Å². The van der Waals surface area contributed by atoms with E-state index in [-0.39, 0.29) is 29.8 Å². The lowest BCUT2D eigenvalue weighted by Gasteiger charge is -2.31. The first-order valence-electron chi connectivity index (χ1n) is 7.16. The summed E-state index contributed by atoms with van der Waals surface area (Å²) < 4.78 is 0. The summed E-state index contributed by atoms with van der Waals surface area (Å²) in [6, 6.07) is 0. The van der Waals surface area contributed by atoms with Crippen LogP contribution < -0.4 is 16.4 Å². The normalized spacial score (nSPS) is 10.9. The first-order valence-corrected chi connectivity index (χ1v) is 7.16.